The van der Waals surface area contributed by atoms with Crippen LogP contribution in [0, 0.1) is 0 Å². The minimum atomic E-state index is -0.00237. The Morgan fingerprint density at radius 2 is 2.20 bits per heavy atom. The van der Waals surface area contributed by atoms with Gasteiger partial charge in [0.2, 0.25) is 0 Å². The summed E-state index contributed by atoms with van der Waals surface area (Å²) in [4.78, 5) is 0. The van der Waals surface area contributed by atoms with Crippen LogP contribution >= 0.6 is 15.9 Å². The zero-order chi connectivity index (χ0) is 11.3. The third-order valence-electron chi connectivity index (χ3n) is 2.07. The van der Waals surface area contributed by atoms with Gasteiger partial charge in [-0.1, -0.05) is 15.9 Å². The third-order valence-corrected chi connectivity index (χ3v) is 2.85. The Bertz CT molecular complexity index is 315. The van der Waals surface area contributed by atoms with Crippen molar-refractivity contribution in [2.24, 2.45) is 0 Å². The first-order valence-electron chi connectivity index (χ1n) is 4.72. The fourth-order valence-electron chi connectivity index (χ4n) is 1.04. The zero-order valence-corrected chi connectivity index (χ0v) is 10.5. The van der Waals surface area contributed by atoms with E-state index in [4.69, 9.17) is 14.6 Å². The van der Waals surface area contributed by atoms with Gasteiger partial charge in [0.05, 0.1) is 12.7 Å². The van der Waals surface area contributed by atoms with E-state index in [9.17, 15) is 0 Å². The predicted octanol–water partition coefficient (Wildman–Crippen LogP) is 2.36. The highest BCUT2D eigenvalue weighted by atomic mass is 79.9. The minimum absolute atomic E-state index is 0.00237. The van der Waals surface area contributed by atoms with Crippen LogP contribution in [0.1, 0.15) is 12.5 Å². The molecule has 1 aromatic rings. The molecule has 0 saturated carbocycles. The van der Waals surface area contributed by atoms with E-state index in [2.05, 4.69) is 15.9 Å². The van der Waals surface area contributed by atoms with Crippen molar-refractivity contribution < 1.29 is 14.6 Å². The van der Waals surface area contributed by atoms with E-state index in [-0.39, 0.29) is 12.7 Å². The molecule has 4 heteroatoms. The Balaban J connectivity index is 2.62. The van der Waals surface area contributed by atoms with Crippen molar-refractivity contribution >= 4 is 15.9 Å². The van der Waals surface area contributed by atoms with E-state index in [1.165, 1.54) is 0 Å². The Morgan fingerprint density at radius 3 is 2.80 bits per heavy atom. The first-order chi connectivity index (χ1) is 7.17. The molecule has 0 heterocycles. The highest BCUT2D eigenvalue weighted by Gasteiger charge is 2.03. The number of hydrogen-bond acceptors (Lipinski definition) is 3. The van der Waals surface area contributed by atoms with Crippen LogP contribution in [0.2, 0.25) is 0 Å². The second-order valence-electron chi connectivity index (χ2n) is 3.27. The second-order valence-corrected chi connectivity index (χ2v) is 4.12. The average molecular weight is 275 g/mol. The Hall–Kier alpha value is -0.580. The van der Waals surface area contributed by atoms with Crippen molar-refractivity contribution in [3.63, 3.8) is 0 Å². The zero-order valence-electron chi connectivity index (χ0n) is 8.87. The molecule has 84 valence electrons. The maximum atomic E-state index is 9.06. The highest BCUT2D eigenvalue weighted by Crippen LogP contribution is 2.22. The maximum Gasteiger partial charge on any atom is 0.119 e. The number of halogens is 1. The Labute approximate surface area is 98.1 Å². The van der Waals surface area contributed by atoms with Gasteiger partial charge in [-0.2, -0.15) is 0 Å². The smallest absolute Gasteiger partial charge is 0.119 e. The molecule has 15 heavy (non-hydrogen) atoms. The topological polar surface area (TPSA) is 38.7 Å². The standard InChI is InChI=1S/C11H15BrO3/c1-8(14-2)7-15-10-3-4-11(12)9(5-10)6-13/h3-5,8,13H,6-7H2,1-2H3. The number of ether oxygens (including phenoxy) is 2. The average Bonchev–Trinajstić information content (AvgIpc) is 2.27. The van der Waals surface area contributed by atoms with Gasteiger partial charge in [-0.25, -0.2) is 0 Å². The molecule has 1 aromatic carbocycles. The summed E-state index contributed by atoms with van der Waals surface area (Å²) in [6.07, 6.45) is 0.0613. The molecule has 0 aliphatic rings. The molecule has 0 bridgehead atoms. The lowest BCUT2D eigenvalue weighted by Gasteiger charge is -2.12. The Morgan fingerprint density at radius 1 is 1.47 bits per heavy atom. The van der Waals surface area contributed by atoms with E-state index in [0.29, 0.717) is 6.61 Å². The van der Waals surface area contributed by atoms with Crippen LogP contribution in [0.15, 0.2) is 22.7 Å². The molecule has 0 spiro atoms. The number of aliphatic hydroxyl groups is 1. The van der Waals surface area contributed by atoms with Gasteiger partial charge in [-0.05, 0) is 30.7 Å². The van der Waals surface area contributed by atoms with Crippen molar-refractivity contribution in [1.82, 2.24) is 0 Å². The van der Waals surface area contributed by atoms with E-state index >= 15 is 0 Å². The highest BCUT2D eigenvalue weighted by molar-refractivity contribution is 9.10. The lowest BCUT2D eigenvalue weighted by Crippen LogP contribution is -2.15. The van der Waals surface area contributed by atoms with Crippen LogP contribution in [0.4, 0.5) is 0 Å². The van der Waals surface area contributed by atoms with Crippen molar-refractivity contribution in [2.75, 3.05) is 13.7 Å². The molecule has 3 nitrogen and oxygen atoms in total. The predicted molar refractivity (Wildman–Crippen MR) is 62.0 cm³/mol. The van der Waals surface area contributed by atoms with E-state index in [0.717, 1.165) is 15.8 Å². The third kappa shape index (κ3) is 3.81. The summed E-state index contributed by atoms with van der Waals surface area (Å²) < 4.78 is 11.5. The van der Waals surface area contributed by atoms with Gasteiger partial charge in [0.25, 0.3) is 0 Å². The second kappa shape index (κ2) is 6.10. The molecule has 1 N–H and O–H groups in total. The van der Waals surface area contributed by atoms with Crippen LogP contribution < -0.4 is 4.74 Å². The van der Waals surface area contributed by atoms with Gasteiger partial charge in [-0.3, -0.25) is 0 Å². The van der Waals surface area contributed by atoms with Crippen molar-refractivity contribution in [1.29, 1.82) is 0 Å². The number of benzene rings is 1. The first kappa shape index (κ1) is 12.5. The molecule has 0 aliphatic heterocycles. The molecule has 0 radical (unpaired) electrons. The van der Waals surface area contributed by atoms with Crippen LogP contribution in [0.5, 0.6) is 5.75 Å². The molecule has 0 aromatic heterocycles. The Kier molecular flexibility index (Phi) is 5.08. The van der Waals surface area contributed by atoms with Crippen molar-refractivity contribution in [2.45, 2.75) is 19.6 Å². The number of methoxy groups -OCH3 is 1. The quantitative estimate of drug-likeness (QED) is 0.896. The van der Waals surface area contributed by atoms with Gasteiger partial charge >= 0.3 is 0 Å². The van der Waals surface area contributed by atoms with Crippen LogP contribution in [0.25, 0.3) is 0 Å². The van der Waals surface area contributed by atoms with Gasteiger partial charge in [0.1, 0.15) is 12.4 Å². The summed E-state index contributed by atoms with van der Waals surface area (Å²) >= 11 is 3.34. The summed E-state index contributed by atoms with van der Waals surface area (Å²) in [7, 11) is 1.65. The largest absolute Gasteiger partial charge is 0.491 e. The molecule has 1 atom stereocenters. The normalized spacial score (nSPS) is 12.5. The minimum Gasteiger partial charge on any atom is -0.491 e. The summed E-state index contributed by atoms with van der Waals surface area (Å²) in [5.41, 5.74) is 0.817. The molecule has 0 saturated heterocycles. The molecule has 1 rings (SSSR count). The summed E-state index contributed by atoms with van der Waals surface area (Å²) in [6, 6.07) is 5.52. The van der Waals surface area contributed by atoms with Crippen molar-refractivity contribution in [3.05, 3.63) is 28.2 Å². The summed E-state index contributed by atoms with van der Waals surface area (Å²) in [5.74, 6) is 0.742. The first-order valence-corrected chi connectivity index (χ1v) is 5.51. The van der Waals surface area contributed by atoms with E-state index < -0.39 is 0 Å². The van der Waals surface area contributed by atoms with Gasteiger partial charge in [-0.15, -0.1) is 0 Å². The molecule has 0 fully saturated rings. The maximum absolute atomic E-state index is 9.06. The molecule has 0 aliphatic carbocycles. The van der Waals surface area contributed by atoms with Gasteiger partial charge in [0.15, 0.2) is 0 Å². The molecular weight excluding hydrogens is 260 g/mol. The van der Waals surface area contributed by atoms with Crippen LogP contribution in [-0.2, 0) is 11.3 Å². The number of hydrogen-bond donors (Lipinski definition) is 1. The fourth-order valence-corrected chi connectivity index (χ4v) is 1.42. The monoisotopic (exact) mass is 274 g/mol. The molecular formula is C11H15BrO3. The van der Waals surface area contributed by atoms with Gasteiger partial charge in [0, 0.05) is 11.6 Å². The van der Waals surface area contributed by atoms with Gasteiger partial charge < -0.3 is 14.6 Å². The molecule has 0 amide bonds. The summed E-state index contributed by atoms with van der Waals surface area (Å²) in [6.45, 7) is 2.44. The summed E-state index contributed by atoms with van der Waals surface area (Å²) in [5, 5.41) is 9.06. The number of aliphatic hydroxyl groups excluding tert-OH is 1. The lowest BCUT2D eigenvalue weighted by molar-refractivity contribution is 0.0716. The van der Waals surface area contributed by atoms with Crippen LogP contribution in [-0.4, -0.2) is 24.9 Å². The van der Waals surface area contributed by atoms with E-state index in [1.807, 2.05) is 25.1 Å². The molecule has 1 unspecified atom stereocenters. The lowest BCUT2D eigenvalue weighted by atomic mass is 10.2. The van der Waals surface area contributed by atoms with Crippen LogP contribution in [0.3, 0.4) is 0 Å². The van der Waals surface area contributed by atoms with E-state index in [1.54, 1.807) is 7.11 Å². The SMILES string of the molecule is COC(C)COc1ccc(Br)c(CO)c1. The number of rotatable bonds is 5. The van der Waals surface area contributed by atoms with Crippen molar-refractivity contribution in [3.8, 4) is 5.75 Å². The fraction of sp³-hybridized carbons (Fsp3) is 0.455.